The van der Waals surface area contributed by atoms with Crippen molar-refractivity contribution in [1.82, 2.24) is 14.8 Å². The molecule has 1 aromatic heterocycles. The highest BCUT2D eigenvalue weighted by Gasteiger charge is 2.00. The molecule has 0 radical (unpaired) electrons. The first-order chi connectivity index (χ1) is 7.29. The standard InChI is InChI=1S/C10H8N4S/c11-5-8-2-1-3-9(4-8)6-14-7-12-13-10(14)15/h1-4,7H,6H2,(H,13,15). The Balaban J connectivity index is 2.25. The average Bonchev–Trinajstić information content (AvgIpc) is 2.65. The second-order valence-electron chi connectivity index (χ2n) is 3.07. The maximum absolute atomic E-state index is 8.75. The van der Waals surface area contributed by atoms with Crippen molar-refractivity contribution >= 4 is 12.6 Å². The third-order valence-electron chi connectivity index (χ3n) is 2.00. The first-order valence-corrected chi connectivity index (χ1v) is 4.80. The molecule has 0 aliphatic heterocycles. The van der Waals surface area contributed by atoms with Crippen LogP contribution in [0.15, 0.2) is 35.7 Å². The van der Waals surface area contributed by atoms with Gasteiger partial charge in [-0.25, -0.2) is 0 Å². The Kier molecular flexibility index (Phi) is 2.70. The number of hydrogen-bond acceptors (Lipinski definition) is 4. The average molecular weight is 216 g/mol. The van der Waals surface area contributed by atoms with Gasteiger partial charge < -0.3 is 4.57 Å². The van der Waals surface area contributed by atoms with Crippen molar-refractivity contribution < 1.29 is 0 Å². The van der Waals surface area contributed by atoms with Crippen LogP contribution >= 0.6 is 12.6 Å². The van der Waals surface area contributed by atoms with Gasteiger partial charge in [-0.2, -0.15) is 5.26 Å². The van der Waals surface area contributed by atoms with Crippen LogP contribution in [0.25, 0.3) is 0 Å². The largest absolute Gasteiger partial charge is 0.304 e. The molecule has 0 amide bonds. The second kappa shape index (κ2) is 4.15. The summed E-state index contributed by atoms with van der Waals surface area (Å²) in [5.41, 5.74) is 1.69. The molecule has 15 heavy (non-hydrogen) atoms. The summed E-state index contributed by atoms with van der Waals surface area (Å²) in [6, 6.07) is 9.53. The molecule has 0 saturated carbocycles. The molecule has 2 rings (SSSR count). The summed E-state index contributed by atoms with van der Waals surface area (Å²) in [5, 5.41) is 16.8. The van der Waals surface area contributed by atoms with Gasteiger partial charge in [-0.05, 0) is 17.7 Å². The summed E-state index contributed by atoms with van der Waals surface area (Å²) in [6.45, 7) is 0.626. The molecule has 1 aromatic carbocycles. The minimum absolute atomic E-state index is 0.567. The van der Waals surface area contributed by atoms with Crippen LogP contribution in [0.4, 0.5) is 0 Å². The molecule has 0 bridgehead atoms. The van der Waals surface area contributed by atoms with E-state index in [2.05, 4.69) is 28.9 Å². The lowest BCUT2D eigenvalue weighted by Crippen LogP contribution is -1.99. The Morgan fingerprint density at radius 3 is 3.00 bits per heavy atom. The molecule has 5 heteroatoms. The van der Waals surface area contributed by atoms with Crippen molar-refractivity contribution in [3.63, 3.8) is 0 Å². The molecule has 0 saturated heterocycles. The SMILES string of the molecule is N#Cc1cccc(Cn2cnnc2S)c1. The zero-order chi connectivity index (χ0) is 10.7. The second-order valence-corrected chi connectivity index (χ2v) is 3.47. The van der Waals surface area contributed by atoms with E-state index in [0.717, 1.165) is 5.56 Å². The van der Waals surface area contributed by atoms with E-state index in [1.807, 2.05) is 18.2 Å². The zero-order valence-electron chi connectivity index (χ0n) is 7.83. The molecule has 0 aliphatic carbocycles. The van der Waals surface area contributed by atoms with Crippen LogP contribution < -0.4 is 0 Å². The van der Waals surface area contributed by atoms with Crippen LogP contribution in [0.5, 0.6) is 0 Å². The van der Waals surface area contributed by atoms with E-state index in [1.54, 1.807) is 17.0 Å². The van der Waals surface area contributed by atoms with E-state index in [9.17, 15) is 0 Å². The third kappa shape index (κ3) is 2.17. The quantitative estimate of drug-likeness (QED) is 0.774. The van der Waals surface area contributed by atoms with E-state index in [-0.39, 0.29) is 0 Å². The minimum Gasteiger partial charge on any atom is -0.304 e. The highest BCUT2D eigenvalue weighted by atomic mass is 32.1. The highest BCUT2D eigenvalue weighted by Crippen LogP contribution is 2.08. The van der Waals surface area contributed by atoms with Crippen LogP contribution in [0.3, 0.4) is 0 Å². The molecule has 0 atom stereocenters. The van der Waals surface area contributed by atoms with Crippen LogP contribution in [-0.2, 0) is 6.54 Å². The van der Waals surface area contributed by atoms with Gasteiger partial charge in [0.2, 0.25) is 0 Å². The van der Waals surface area contributed by atoms with Gasteiger partial charge in [0.25, 0.3) is 0 Å². The van der Waals surface area contributed by atoms with Crippen molar-refractivity contribution in [2.45, 2.75) is 11.7 Å². The molecular weight excluding hydrogens is 208 g/mol. The number of thiol groups is 1. The maximum atomic E-state index is 8.75. The van der Waals surface area contributed by atoms with E-state index < -0.39 is 0 Å². The molecule has 0 unspecified atom stereocenters. The van der Waals surface area contributed by atoms with Crippen LogP contribution in [-0.4, -0.2) is 14.8 Å². The van der Waals surface area contributed by atoms with Gasteiger partial charge >= 0.3 is 0 Å². The van der Waals surface area contributed by atoms with Crippen LogP contribution in [0.2, 0.25) is 0 Å². The predicted octanol–water partition coefficient (Wildman–Crippen LogP) is 1.49. The summed E-state index contributed by atoms with van der Waals surface area (Å²) < 4.78 is 1.81. The molecule has 74 valence electrons. The van der Waals surface area contributed by atoms with Gasteiger partial charge in [-0.15, -0.1) is 22.8 Å². The van der Waals surface area contributed by atoms with Crippen molar-refractivity contribution in [3.8, 4) is 6.07 Å². The fraction of sp³-hybridized carbons (Fsp3) is 0.100. The van der Waals surface area contributed by atoms with Gasteiger partial charge in [0.05, 0.1) is 18.2 Å². The summed E-state index contributed by atoms with van der Waals surface area (Å²) in [4.78, 5) is 0. The van der Waals surface area contributed by atoms with E-state index in [4.69, 9.17) is 5.26 Å². The van der Waals surface area contributed by atoms with E-state index in [1.165, 1.54) is 0 Å². The fourth-order valence-electron chi connectivity index (χ4n) is 1.30. The molecule has 4 nitrogen and oxygen atoms in total. The van der Waals surface area contributed by atoms with Gasteiger partial charge in [-0.1, -0.05) is 12.1 Å². The topological polar surface area (TPSA) is 54.5 Å². The molecular formula is C10H8N4S. The summed E-state index contributed by atoms with van der Waals surface area (Å²) in [5.74, 6) is 0. The molecule has 0 aliphatic rings. The van der Waals surface area contributed by atoms with Crippen LogP contribution in [0.1, 0.15) is 11.1 Å². The van der Waals surface area contributed by atoms with Crippen molar-refractivity contribution in [2.75, 3.05) is 0 Å². The third-order valence-corrected chi connectivity index (χ3v) is 2.35. The van der Waals surface area contributed by atoms with Crippen molar-refractivity contribution in [1.29, 1.82) is 5.26 Å². The Labute approximate surface area is 92.6 Å². The number of benzene rings is 1. The highest BCUT2D eigenvalue weighted by molar-refractivity contribution is 7.80. The van der Waals surface area contributed by atoms with Gasteiger partial charge in [0.15, 0.2) is 5.16 Å². The monoisotopic (exact) mass is 216 g/mol. The van der Waals surface area contributed by atoms with Crippen molar-refractivity contribution in [3.05, 3.63) is 41.7 Å². The maximum Gasteiger partial charge on any atom is 0.188 e. The molecule has 1 heterocycles. The number of nitriles is 1. The molecule has 0 N–H and O–H groups in total. The lowest BCUT2D eigenvalue weighted by molar-refractivity contribution is 0.711. The van der Waals surface area contributed by atoms with Gasteiger partial charge in [0, 0.05) is 0 Å². The normalized spacial score (nSPS) is 9.87. The molecule has 2 aromatic rings. The first kappa shape index (κ1) is 9.74. The number of hydrogen-bond donors (Lipinski definition) is 1. The Bertz CT molecular complexity index is 512. The fourth-order valence-corrected chi connectivity index (χ4v) is 1.47. The zero-order valence-corrected chi connectivity index (χ0v) is 8.72. The number of rotatable bonds is 2. The Morgan fingerprint density at radius 2 is 2.33 bits per heavy atom. The lowest BCUT2D eigenvalue weighted by atomic mass is 10.1. The smallest absolute Gasteiger partial charge is 0.188 e. The predicted molar refractivity (Wildman–Crippen MR) is 57.5 cm³/mol. The van der Waals surface area contributed by atoms with E-state index in [0.29, 0.717) is 17.3 Å². The van der Waals surface area contributed by atoms with Crippen molar-refractivity contribution in [2.24, 2.45) is 0 Å². The van der Waals surface area contributed by atoms with E-state index >= 15 is 0 Å². The van der Waals surface area contributed by atoms with Gasteiger partial charge in [-0.3, -0.25) is 0 Å². The molecule has 0 fully saturated rings. The Hall–Kier alpha value is -1.80. The lowest BCUT2D eigenvalue weighted by Gasteiger charge is -2.03. The summed E-state index contributed by atoms with van der Waals surface area (Å²) in [7, 11) is 0. The number of nitrogens with zero attached hydrogens (tertiary/aromatic N) is 4. The minimum atomic E-state index is 0.567. The molecule has 0 spiro atoms. The van der Waals surface area contributed by atoms with Gasteiger partial charge in [0.1, 0.15) is 6.33 Å². The summed E-state index contributed by atoms with van der Waals surface area (Å²) >= 11 is 4.15. The first-order valence-electron chi connectivity index (χ1n) is 4.35. The Morgan fingerprint density at radius 1 is 1.47 bits per heavy atom. The number of aromatic nitrogens is 3. The van der Waals surface area contributed by atoms with Crippen LogP contribution in [0, 0.1) is 11.3 Å². The summed E-state index contributed by atoms with van der Waals surface area (Å²) in [6.07, 6.45) is 1.61.